The first kappa shape index (κ1) is 13.3. The van der Waals surface area contributed by atoms with Crippen molar-refractivity contribution >= 4 is 33.5 Å². The lowest BCUT2D eigenvalue weighted by Gasteiger charge is -2.07. The second-order valence-electron chi connectivity index (χ2n) is 3.88. The number of amides is 1. The van der Waals surface area contributed by atoms with Crippen molar-refractivity contribution in [1.29, 1.82) is 0 Å². The molecule has 1 aromatic heterocycles. The Bertz CT molecular complexity index is 651. The van der Waals surface area contributed by atoms with Gasteiger partial charge in [0.25, 0.3) is 5.91 Å². The maximum atomic E-state index is 11.9. The van der Waals surface area contributed by atoms with E-state index in [2.05, 4.69) is 26.2 Å². The van der Waals surface area contributed by atoms with Crippen LogP contribution in [-0.4, -0.2) is 26.5 Å². The fourth-order valence-corrected chi connectivity index (χ4v) is 1.82. The largest absolute Gasteiger partial charge is 0.478 e. The molecule has 0 saturated heterocycles. The van der Waals surface area contributed by atoms with E-state index in [1.54, 1.807) is 23.9 Å². The number of nitrogens with one attached hydrogen (secondary N) is 1. The van der Waals surface area contributed by atoms with E-state index in [0.29, 0.717) is 10.2 Å². The van der Waals surface area contributed by atoms with E-state index in [4.69, 9.17) is 5.11 Å². The fourth-order valence-electron chi connectivity index (χ4n) is 1.47. The van der Waals surface area contributed by atoms with Crippen LogP contribution in [0.5, 0.6) is 0 Å². The van der Waals surface area contributed by atoms with Crippen molar-refractivity contribution in [3.63, 3.8) is 0 Å². The third kappa shape index (κ3) is 3.00. The molecule has 0 radical (unpaired) electrons. The summed E-state index contributed by atoms with van der Waals surface area (Å²) in [5.74, 6) is -1.45. The maximum Gasteiger partial charge on any atom is 0.335 e. The second-order valence-corrected chi connectivity index (χ2v) is 4.73. The average Bonchev–Trinajstić information content (AvgIpc) is 2.78. The molecular formula is C12H10BrN3O3. The van der Waals surface area contributed by atoms with Gasteiger partial charge in [0.1, 0.15) is 5.69 Å². The number of carbonyl (C=O) groups excluding carboxylic acids is 1. The standard InChI is InChI=1S/C12H10BrN3O3/c1-16-5-10(14-6-16)11(17)15-9-4-7(12(18)19)2-3-8(9)13/h2-6H,1H3,(H,15,17)(H,18,19). The highest BCUT2D eigenvalue weighted by atomic mass is 79.9. The summed E-state index contributed by atoms with van der Waals surface area (Å²) in [6, 6.07) is 4.40. The number of halogens is 1. The van der Waals surface area contributed by atoms with Gasteiger partial charge in [0.2, 0.25) is 0 Å². The minimum absolute atomic E-state index is 0.0968. The van der Waals surface area contributed by atoms with Gasteiger partial charge in [-0.1, -0.05) is 0 Å². The highest BCUT2D eigenvalue weighted by Gasteiger charge is 2.12. The monoisotopic (exact) mass is 323 g/mol. The highest BCUT2D eigenvalue weighted by molar-refractivity contribution is 9.10. The molecule has 0 saturated carbocycles. The lowest BCUT2D eigenvalue weighted by atomic mass is 10.2. The Kier molecular flexibility index (Phi) is 3.66. The van der Waals surface area contributed by atoms with Gasteiger partial charge in [0.05, 0.1) is 17.6 Å². The van der Waals surface area contributed by atoms with Crippen molar-refractivity contribution in [3.8, 4) is 0 Å². The summed E-state index contributed by atoms with van der Waals surface area (Å²) < 4.78 is 2.25. The summed E-state index contributed by atoms with van der Waals surface area (Å²) in [4.78, 5) is 26.7. The van der Waals surface area contributed by atoms with Gasteiger partial charge in [-0.25, -0.2) is 9.78 Å². The fraction of sp³-hybridized carbons (Fsp3) is 0.0833. The molecule has 0 aliphatic carbocycles. The molecule has 6 nitrogen and oxygen atoms in total. The number of anilines is 1. The van der Waals surface area contributed by atoms with Gasteiger partial charge in [-0.15, -0.1) is 0 Å². The number of carboxylic acids is 1. The van der Waals surface area contributed by atoms with Crippen LogP contribution < -0.4 is 5.32 Å². The van der Waals surface area contributed by atoms with Gasteiger partial charge < -0.3 is 15.0 Å². The topological polar surface area (TPSA) is 84.2 Å². The molecule has 19 heavy (non-hydrogen) atoms. The van der Waals surface area contributed by atoms with Crippen LogP contribution in [0.4, 0.5) is 5.69 Å². The summed E-state index contributed by atoms with van der Waals surface area (Å²) in [6.45, 7) is 0. The lowest BCUT2D eigenvalue weighted by molar-refractivity contribution is 0.0696. The van der Waals surface area contributed by atoms with E-state index in [-0.39, 0.29) is 11.3 Å². The van der Waals surface area contributed by atoms with Gasteiger partial charge in [-0.3, -0.25) is 4.79 Å². The molecule has 1 aromatic carbocycles. The summed E-state index contributed by atoms with van der Waals surface area (Å²) in [5, 5.41) is 11.5. The van der Waals surface area contributed by atoms with Crippen LogP contribution in [-0.2, 0) is 7.05 Å². The van der Waals surface area contributed by atoms with Crippen LogP contribution in [0.15, 0.2) is 35.2 Å². The van der Waals surface area contributed by atoms with E-state index in [0.717, 1.165) is 0 Å². The Hall–Kier alpha value is -2.15. The summed E-state index contributed by atoms with van der Waals surface area (Å²) in [7, 11) is 1.75. The third-order valence-electron chi connectivity index (χ3n) is 2.40. The summed E-state index contributed by atoms with van der Waals surface area (Å²) >= 11 is 3.25. The van der Waals surface area contributed by atoms with Crippen molar-refractivity contribution in [3.05, 3.63) is 46.5 Å². The van der Waals surface area contributed by atoms with Gasteiger partial charge in [-0.2, -0.15) is 0 Å². The number of hydrogen-bond donors (Lipinski definition) is 2. The van der Waals surface area contributed by atoms with Crippen molar-refractivity contribution < 1.29 is 14.7 Å². The Morgan fingerprint density at radius 2 is 2.16 bits per heavy atom. The normalized spacial score (nSPS) is 10.2. The molecule has 2 N–H and O–H groups in total. The quantitative estimate of drug-likeness (QED) is 0.906. The van der Waals surface area contributed by atoms with E-state index in [1.807, 2.05) is 0 Å². The number of carboxylic acid groups (broad SMARTS) is 1. The summed E-state index contributed by atoms with van der Waals surface area (Å²) in [5.41, 5.74) is 0.741. The molecule has 0 bridgehead atoms. The first-order valence-corrected chi connectivity index (χ1v) is 6.09. The minimum atomic E-state index is -1.05. The van der Waals surface area contributed by atoms with Crippen molar-refractivity contribution in [1.82, 2.24) is 9.55 Å². The van der Waals surface area contributed by atoms with Crippen molar-refractivity contribution in [2.45, 2.75) is 0 Å². The van der Waals surface area contributed by atoms with Gasteiger partial charge in [0.15, 0.2) is 0 Å². The minimum Gasteiger partial charge on any atom is -0.478 e. The van der Waals surface area contributed by atoms with E-state index >= 15 is 0 Å². The number of carbonyl (C=O) groups is 2. The number of aryl methyl sites for hydroxylation is 1. The molecule has 0 spiro atoms. The predicted octanol–water partition coefficient (Wildman–Crippen LogP) is 2.13. The summed E-state index contributed by atoms with van der Waals surface area (Å²) in [6.07, 6.45) is 3.09. The lowest BCUT2D eigenvalue weighted by Crippen LogP contribution is -2.13. The number of nitrogens with zero attached hydrogens (tertiary/aromatic N) is 2. The molecule has 1 heterocycles. The Morgan fingerprint density at radius 3 is 2.74 bits per heavy atom. The number of aromatic carboxylic acids is 1. The zero-order chi connectivity index (χ0) is 14.0. The molecule has 0 atom stereocenters. The van der Waals surface area contributed by atoms with E-state index in [9.17, 15) is 9.59 Å². The Morgan fingerprint density at radius 1 is 1.42 bits per heavy atom. The first-order chi connectivity index (χ1) is 8.97. The molecule has 0 fully saturated rings. The Balaban J connectivity index is 2.25. The number of aromatic nitrogens is 2. The van der Waals surface area contributed by atoms with Gasteiger partial charge in [0, 0.05) is 17.7 Å². The molecule has 98 valence electrons. The van der Waals surface area contributed by atoms with Crippen LogP contribution in [0.1, 0.15) is 20.8 Å². The molecule has 2 aromatic rings. The van der Waals surface area contributed by atoms with Crippen LogP contribution >= 0.6 is 15.9 Å². The number of rotatable bonds is 3. The molecule has 7 heteroatoms. The van der Waals surface area contributed by atoms with Crippen LogP contribution in [0.25, 0.3) is 0 Å². The number of imidazole rings is 1. The molecule has 2 rings (SSSR count). The van der Waals surface area contributed by atoms with Gasteiger partial charge >= 0.3 is 5.97 Å². The molecule has 0 unspecified atom stereocenters. The first-order valence-electron chi connectivity index (χ1n) is 5.29. The number of benzene rings is 1. The maximum absolute atomic E-state index is 11.9. The third-order valence-corrected chi connectivity index (χ3v) is 3.09. The molecule has 0 aliphatic heterocycles. The smallest absolute Gasteiger partial charge is 0.335 e. The molecule has 1 amide bonds. The molecular weight excluding hydrogens is 314 g/mol. The second kappa shape index (κ2) is 5.23. The van der Waals surface area contributed by atoms with Gasteiger partial charge in [-0.05, 0) is 34.1 Å². The zero-order valence-electron chi connectivity index (χ0n) is 9.92. The van der Waals surface area contributed by atoms with Crippen LogP contribution in [0, 0.1) is 0 Å². The van der Waals surface area contributed by atoms with E-state index in [1.165, 1.54) is 18.5 Å². The average molecular weight is 324 g/mol. The Labute approximate surface area is 117 Å². The van der Waals surface area contributed by atoms with E-state index < -0.39 is 11.9 Å². The number of hydrogen-bond acceptors (Lipinski definition) is 3. The van der Waals surface area contributed by atoms with Crippen molar-refractivity contribution in [2.24, 2.45) is 7.05 Å². The van der Waals surface area contributed by atoms with Crippen LogP contribution in [0.2, 0.25) is 0 Å². The SMILES string of the molecule is Cn1cnc(C(=O)Nc2cc(C(=O)O)ccc2Br)c1. The molecule has 0 aliphatic rings. The zero-order valence-corrected chi connectivity index (χ0v) is 11.5. The van der Waals surface area contributed by atoms with Crippen molar-refractivity contribution in [2.75, 3.05) is 5.32 Å². The van der Waals surface area contributed by atoms with Crippen LogP contribution in [0.3, 0.4) is 0 Å². The predicted molar refractivity (Wildman–Crippen MR) is 72.3 cm³/mol. The highest BCUT2D eigenvalue weighted by Crippen LogP contribution is 2.24.